The normalized spacial score (nSPS) is 11.1. The van der Waals surface area contributed by atoms with Crippen molar-refractivity contribution in [3.8, 4) is 17.2 Å². The molecule has 0 aliphatic heterocycles. The van der Waals surface area contributed by atoms with Crippen LogP contribution in [0.1, 0.15) is 18.1 Å². The quantitative estimate of drug-likeness (QED) is 0.231. The van der Waals surface area contributed by atoms with Gasteiger partial charge in [0.2, 0.25) is 5.75 Å². The molecule has 0 saturated heterocycles. The van der Waals surface area contributed by atoms with E-state index in [1.54, 1.807) is 0 Å². The number of esters is 1. The SMILES string of the molecule is COc1cc(/C=N/NC(=S)Nc2ccccc2C(F)(F)F)cc(OC)c1OC(C)=O. The van der Waals surface area contributed by atoms with Crippen LogP contribution in [0, 0.1) is 0 Å². The number of methoxy groups -OCH3 is 2. The van der Waals surface area contributed by atoms with E-state index in [0.29, 0.717) is 5.56 Å². The van der Waals surface area contributed by atoms with Crippen LogP contribution in [-0.4, -0.2) is 31.5 Å². The van der Waals surface area contributed by atoms with Crippen molar-refractivity contribution in [2.24, 2.45) is 5.10 Å². The van der Waals surface area contributed by atoms with E-state index in [-0.39, 0.29) is 28.0 Å². The Hall–Kier alpha value is -3.34. The maximum Gasteiger partial charge on any atom is 0.418 e. The van der Waals surface area contributed by atoms with E-state index >= 15 is 0 Å². The minimum Gasteiger partial charge on any atom is -0.493 e. The molecule has 0 aliphatic rings. The molecule has 0 aliphatic carbocycles. The second-order valence-corrected chi connectivity index (χ2v) is 6.12. The van der Waals surface area contributed by atoms with E-state index in [9.17, 15) is 18.0 Å². The van der Waals surface area contributed by atoms with Crippen molar-refractivity contribution in [3.05, 3.63) is 47.5 Å². The minimum atomic E-state index is -4.53. The third kappa shape index (κ3) is 6.08. The lowest BCUT2D eigenvalue weighted by molar-refractivity contribution is -0.137. The van der Waals surface area contributed by atoms with Gasteiger partial charge in [-0.25, -0.2) is 0 Å². The van der Waals surface area contributed by atoms with Crippen LogP contribution in [0.2, 0.25) is 0 Å². The fourth-order valence-corrected chi connectivity index (χ4v) is 2.54. The van der Waals surface area contributed by atoms with Crippen LogP contribution in [0.3, 0.4) is 0 Å². The largest absolute Gasteiger partial charge is 0.493 e. The number of halogens is 3. The average molecular weight is 441 g/mol. The predicted octanol–water partition coefficient (Wildman–Crippen LogP) is 3.97. The summed E-state index contributed by atoms with van der Waals surface area (Å²) in [6, 6.07) is 7.99. The molecule has 0 amide bonds. The van der Waals surface area contributed by atoms with Crippen LogP contribution in [-0.2, 0) is 11.0 Å². The Balaban J connectivity index is 2.14. The van der Waals surface area contributed by atoms with E-state index in [2.05, 4.69) is 15.8 Å². The molecule has 7 nitrogen and oxygen atoms in total. The summed E-state index contributed by atoms with van der Waals surface area (Å²) < 4.78 is 54.6. The van der Waals surface area contributed by atoms with Crippen molar-refractivity contribution in [1.29, 1.82) is 0 Å². The first-order valence-electron chi connectivity index (χ1n) is 8.36. The van der Waals surface area contributed by atoms with Crippen LogP contribution in [0.15, 0.2) is 41.5 Å². The molecule has 2 aromatic rings. The lowest BCUT2D eigenvalue weighted by Crippen LogP contribution is -2.25. The van der Waals surface area contributed by atoms with Gasteiger partial charge in [0.15, 0.2) is 16.6 Å². The lowest BCUT2D eigenvalue weighted by Gasteiger charge is -2.14. The maximum atomic E-state index is 13.0. The molecule has 0 fully saturated rings. The molecule has 0 atom stereocenters. The summed E-state index contributed by atoms with van der Waals surface area (Å²) in [5.41, 5.74) is 1.87. The molecule has 160 valence electrons. The number of hydrazone groups is 1. The Morgan fingerprint density at radius 3 is 2.27 bits per heavy atom. The fraction of sp³-hybridized carbons (Fsp3) is 0.211. The van der Waals surface area contributed by atoms with Crippen molar-refractivity contribution in [1.82, 2.24) is 5.43 Å². The topological polar surface area (TPSA) is 81.2 Å². The summed E-state index contributed by atoms with van der Waals surface area (Å²) in [4.78, 5) is 11.3. The predicted molar refractivity (Wildman–Crippen MR) is 109 cm³/mol. The Morgan fingerprint density at radius 1 is 1.13 bits per heavy atom. The molecule has 0 radical (unpaired) electrons. The monoisotopic (exact) mass is 441 g/mol. The van der Waals surface area contributed by atoms with E-state index in [0.717, 1.165) is 6.07 Å². The van der Waals surface area contributed by atoms with Gasteiger partial charge in [-0.15, -0.1) is 0 Å². The number of nitrogens with one attached hydrogen (secondary N) is 2. The number of anilines is 1. The third-order valence-corrected chi connectivity index (χ3v) is 3.78. The highest BCUT2D eigenvalue weighted by Gasteiger charge is 2.33. The lowest BCUT2D eigenvalue weighted by atomic mass is 10.2. The van der Waals surface area contributed by atoms with Gasteiger partial charge in [0.25, 0.3) is 0 Å². The van der Waals surface area contributed by atoms with Gasteiger partial charge in [-0.3, -0.25) is 10.2 Å². The molecule has 0 bridgehead atoms. The molecule has 0 heterocycles. The molecule has 0 saturated carbocycles. The molecule has 0 spiro atoms. The second kappa shape index (κ2) is 9.92. The second-order valence-electron chi connectivity index (χ2n) is 5.72. The third-order valence-electron chi connectivity index (χ3n) is 3.59. The Kier molecular flexibility index (Phi) is 7.59. The van der Waals surface area contributed by atoms with E-state index < -0.39 is 17.7 Å². The summed E-state index contributed by atoms with van der Waals surface area (Å²) >= 11 is 4.99. The van der Waals surface area contributed by atoms with Crippen LogP contribution < -0.4 is 25.0 Å². The number of thiocarbonyl (C=S) groups is 1. The number of hydrogen-bond acceptors (Lipinski definition) is 6. The molecule has 2 aromatic carbocycles. The summed E-state index contributed by atoms with van der Waals surface area (Å²) in [5, 5.41) is 6.21. The summed E-state index contributed by atoms with van der Waals surface area (Å²) in [6.07, 6.45) is -3.19. The average Bonchev–Trinajstić information content (AvgIpc) is 2.67. The first kappa shape index (κ1) is 22.9. The number of alkyl halides is 3. The smallest absolute Gasteiger partial charge is 0.418 e. The van der Waals surface area contributed by atoms with Gasteiger partial charge in [-0.1, -0.05) is 12.1 Å². The van der Waals surface area contributed by atoms with Gasteiger partial charge in [0, 0.05) is 12.5 Å². The Labute approximate surface area is 175 Å². The van der Waals surface area contributed by atoms with Gasteiger partial charge in [-0.2, -0.15) is 18.3 Å². The first-order chi connectivity index (χ1) is 14.2. The number of hydrogen-bond donors (Lipinski definition) is 2. The molecular weight excluding hydrogens is 423 g/mol. The number of carbonyl (C=O) groups excluding carboxylic acids is 1. The summed E-state index contributed by atoms with van der Waals surface area (Å²) in [5.74, 6) is 0.0143. The zero-order chi connectivity index (χ0) is 22.3. The van der Waals surface area contributed by atoms with Crippen molar-refractivity contribution < 1.29 is 32.2 Å². The van der Waals surface area contributed by atoms with E-state index in [1.165, 1.54) is 57.7 Å². The van der Waals surface area contributed by atoms with Crippen molar-refractivity contribution in [3.63, 3.8) is 0 Å². The van der Waals surface area contributed by atoms with Crippen molar-refractivity contribution in [2.45, 2.75) is 13.1 Å². The van der Waals surface area contributed by atoms with Gasteiger partial charge < -0.3 is 19.5 Å². The molecule has 2 N–H and O–H groups in total. The molecular formula is C19H18F3N3O4S. The van der Waals surface area contributed by atoms with Gasteiger partial charge in [0.05, 0.1) is 31.7 Å². The first-order valence-corrected chi connectivity index (χ1v) is 8.77. The number of benzene rings is 2. The van der Waals surface area contributed by atoms with Crippen LogP contribution in [0.25, 0.3) is 0 Å². The molecule has 30 heavy (non-hydrogen) atoms. The van der Waals surface area contributed by atoms with Crippen molar-refractivity contribution in [2.75, 3.05) is 19.5 Å². The van der Waals surface area contributed by atoms with Gasteiger partial charge >= 0.3 is 12.1 Å². The molecule has 0 unspecified atom stereocenters. The summed E-state index contributed by atoms with van der Waals surface area (Å²) in [6.45, 7) is 1.24. The standard InChI is InChI=1S/C19H18F3N3O4S/c1-11(26)29-17-15(27-2)8-12(9-16(17)28-3)10-23-25-18(30)24-14-7-5-4-6-13(14)19(20,21)22/h4-10H,1-3H3,(H2,24,25,30)/b23-10+. The van der Waals surface area contributed by atoms with Crippen molar-refractivity contribution >= 4 is 35.2 Å². The molecule has 0 aromatic heterocycles. The molecule has 2 rings (SSSR count). The van der Waals surface area contributed by atoms with Gasteiger partial charge in [0.1, 0.15) is 0 Å². The number of carbonyl (C=O) groups is 1. The van der Waals surface area contributed by atoms with Crippen LogP contribution >= 0.6 is 12.2 Å². The van der Waals surface area contributed by atoms with E-state index in [4.69, 9.17) is 26.4 Å². The summed E-state index contributed by atoms with van der Waals surface area (Å²) in [7, 11) is 2.77. The molecule has 11 heteroatoms. The van der Waals surface area contributed by atoms with Crippen LogP contribution in [0.4, 0.5) is 18.9 Å². The van der Waals surface area contributed by atoms with Gasteiger partial charge in [-0.05, 0) is 36.5 Å². The highest BCUT2D eigenvalue weighted by Crippen LogP contribution is 2.38. The highest BCUT2D eigenvalue weighted by atomic mass is 32.1. The fourth-order valence-electron chi connectivity index (χ4n) is 2.37. The number of nitrogens with zero attached hydrogens (tertiary/aromatic N) is 1. The zero-order valence-corrected chi connectivity index (χ0v) is 17.0. The van der Waals surface area contributed by atoms with E-state index in [1.807, 2.05) is 0 Å². The highest BCUT2D eigenvalue weighted by molar-refractivity contribution is 7.80. The number of ether oxygens (including phenoxy) is 3. The minimum absolute atomic E-state index is 0.110. The number of rotatable bonds is 6. The maximum absolute atomic E-state index is 13.0. The Morgan fingerprint density at radius 2 is 1.73 bits per heavy atom. The zero-order valence-electron chi connectivity index (χ0n) is 16.2. The van der Waals surface area contributed by atoms with Crippen LogP contribution in [0.5, 0.6) is 17.2 Å². The number of para-hydroxylation sites is 1. The Bertz CT molecular complexity index is 939.